The number of aliphatic carboxylic acids is 1. The van der Waals surface area contributed by atoms with E-state index in [2.05, 4.69) is 10.3 Å². The molecule has 5 heteroatoms. The van der Waals surface area contributed by atoms with Gasteiger partial charge in [0.1, 0.15) is 5.54 Å². The third-order valence-corrected chi connectivity index (χ3v) is 3.89. The maximum Gasteiger partial charge on any atom is 0.324 e. The summed E-state index contributed by atoms with van der Waals surface area (Å²) >= 11 is 1.47. The summed E-state index contributed by atoms with van der Waals surface area (Å²) in [5.41, 5.74) is 1.15. The Morgan fingerprint density at radius 3 is 2.58 bits per heavy atom. The van der Waals surface area contributed by atoms with Crippen LogP contribution in [0.5, 0.6) is 0 Å². The number of thioether (sulfide) groups is 1. The number of aryl methyl sites for hydroxylation is 2. The van der Waals surface area contributed by atoms with Crippen LogP contribution in [0.15, 0.2) is 17.2 Å². The molecular weight excluding hydrogens is 260 g/mol. The van der Waals surface area contributed by atoms with Crippen LogP contribution in [0.2, 0.25) is 0 Å². The lowest BCUT2D eigenvalue weighted by molar-refractivity contribution is -0.143. The number of hydrogen-bond acceptors (Lipinski definition) is 4. The average Bonchev–Trinajstić information content (AvgIpc) is 2.24. The van der Waals surface area contributed by atoms with Gasteiger partial charge in [-0.15, -0.1) is 11.8 Å². The molecule has 0 aliphatic heterocycles. The molecule has 0 saturated carbocycles. The SMILES string of the molecule is Cc1cc(C)nc(SCC(C)(NC(C)C)C(=O)O)c1. The molecule has 1 aromatic rings. The van der Waals surface area contributed by atoms with E-state index in [0.717, 1.165) is 16.3 Å². The average molecular weight is 282 g/mol. The molecule has 106 valence electrons. The molecule has 0 aliphatic rings. The fourth-order valence-electron chi connectivity index (χ4n) is 1.90. The van der Waals surface area contributed by atoms with Crippen LogP contribution >= 0.6 is 11.8 Å². The molecule has 19 heavy (non-hydrogen) atoms. The summed E-state index contributed by atoms with van der Waals surface area (Å²) in [5.74, 6) is -0.394. The van der Waals surface area contributed by atoms with E-state index >= 15 is 0 Å². The maximum atomic E-state index is 11.4. The van der Waals surface area contributed by atoms with E-state index in [1.807, 2.05) is 39.8 Å². The van der Waals surface area contributed by atoms with Gasteiger partial charge in [-0.05, 0) is 52.3 Å². The second kappa shape index (κ2) is 6.39. The highest BCUT2D eigenvalue weighted by Crippen LogP contribution is 2.23. The number of hydrogen-bond donors (Lipinski definition) is 2. The molecule has 0 aromatic carbocycles. The molecule has 1 atom stereocenters. The first-order chi connectivity index (χ1) is 8.73. The molecule has 0 fully saturated rings. The molecule has 0 radical (unpaired) electrons. The van der Waals surface area contributed by atoms with Crippen LogP contribution in [0.1, 0.15) is 32.0 Å². The highest BCUT2D eigenvalue weighted by atomic mass is 32.2. The second-order valence-corrected chi connectivity index (χ2v) is 6.34. The van der Waals surface area contributed by atoms with Crippen molar-refractivity contribution in [2.45, 2.75) is 51.2 Å². The molecule has 1 heterocycles. The van der Waals surface area contributed by atoms with Crippen molar-refractivity contribution >= 4 is 17.7 Å². The van der Waals surface area contributed by atoms with E-state index in [1.54, 1.807) is 6.92 Å². The molecule has 0 aliphatic carbocycles. The quantitative estimate of drug-likeness (QED) is 0.785. The standard InChI is InChI=1S/C14H22N2O2S/c1-9(2)16-14(5,13(17)18)8-19-12-7-10(3)6-11(4)15-12/h6-7,9,16H,8H2,1-5H3,(H,17,18). The summed E-state index contributed by atoms with van der Waals surface area (Å²) in [6, 6.07) is 4.11. The smallest absolute Gasteiger partial charge is 0.324 e. The van der Waals surface area contributed by atoms with E-state index in [4.69, 9.17) is 0 Å². The Morgan fingerprint density at radius 2 is 2.11 bits per heavy atom. The van der Waals surface area contributed by atoms with Crippen molar-refractivity contribution in [3.05, 3.63) is 23.4 Å². The predicted octanol–water partition coefficient (Wildman–Crippen LogP) is 2.63. The Balaban J connectivity index is 2.79. The van der Waals surface area contributed by atoms with Gasteiger partial charge in [0.2, 0.25) is 0 Å². The first-order valence-corrected chi connectivity index (χ1v) is 7.30. The van der Waals surface area contributed by atoms with Gasteiger partial charge in [-0.3, -0.25) is 10.1 Å². The lowest BCUT2D eigenvalue weighted by atomic mass is 10.1. The van der Waals surface area contributed by atoms with Crippen LogP contribution < -0.4 is 5.32 Å². The van der Waals surface area contributed by atoms with Gasteiger partial charge in [-0.2, -0.15) is 0 Å². The summed E-state index contributed by atoms with van der Waals surface area (Å²) < 4.78 is 0. The lowest BCUT2D eigenvalue weighted by Crippen LogP contribution is -2.54. The molecule has 0 spiro atoms. The monoisotopic (exact) mass is 282 g/mol. The minimum Gasteiger partial charge on any atom is -0.480 e. The zero-order valence-electron chi connectivity index (χ0n) is 12.2. The second-order valence-electron chi connectivity index (χ2n) is 5.35. The van der Waals surface area contributed by atoms with Crippen molar-refractivity contribution in [3.63, 3.8) is 0 Å². The summed E-state index contributed by atoms with van der Waals surface area (Å²) in [7, 11) is 0. The topological polar surface area (TPSA) is 62.2 Å². The number of carboxylic acid groups (broad SMARTS) is 1. The molecule has 1 rings (SSSR count). The highest BCUT2D eigenvalue weighted by Gasteiger charge is 2.33. The van der Waals surface area contributed by atoms with Crippen molar-refractivity contribution in [3.8, 4) is 0 Å². The number of pyridine rings is 1. The fraction of sp³-hybridized carbons (Fsp3) is 0.571. The number of aromatic nitrogens is 1. The largest absolute Gasteiger partial charge is 0.480 e. The van der Waals surface area contributed by atoms with Crippen molar-refractivity contribution in [1.82, 2.24) is 10.3 Å². The Kier molecular flexibility index (Phi) is 5.38. The van der Waals surface area contributed by atoms with Gasteiger partial charge in [0.15, 0.2) is 0 Å². The Morgan fingerprint density at radius 1 is 1.47 bits per heavy atom. The molecular formula is C14H22N2O2S. The maximum absolute atomic E-state index is 11.4. The summed E-state index contributed by atoms with van der Waals surface area (Å²) in [6.45, 7) is 9.56. The van der Waals surface area contributed by atoms with Crippen molar-refractivity contribution in [2.75, 3.05) is 5.75 Å². The normalized spacial score (nSPS) is 14.4. The Bertz CT molecular complexity index is 443. The van der Waals surface area contributed by atoms with Crippen LogP contribution in [0.25, 0.3) is 0 Å². The summed E-state index contributed by atoms with van der Waals surface area (Å²) in [5, 5.41) is 13.4. The van der Waals surface area contributed by atoms with Crippen LogP contribution in [-0.2, 0) is 4.79 Å². The van der Waals surface area contributed by atoms with Crippen LogP contribution in [0.4, 0.5) is 0 Å². The van der Waals surface area contributed by atoms with Crippen molar-refractivity contribution < 1.29 is 9.90 Å². The number of carboxylic acids is 1. The first-order valence-electron chi connectivity index (χ1n) is 6.32. The third-order valence-electron chi connectivity index (χ3n) is 2.66. The number of nitrogens with zero attached hydrogens (tertiary/aromatic N) is 1. The first kappa shape index (κ1) is 16.0. The molecule has 2 N–H and O–H groups in total. The Hall–Kier alpha value is -1.07. The summed E-state index contributed by atoms with van der Waals surface area (Å²) in [6.07, 6.45) is 0. The highest BCUT2D eigenvalue weighted by molar-refractivity contribution is 7.99. The molecule has 0 saturated heterocycles. The van der Waals surface area contributed by atoms with Crippen LogP contribution in [-0.4, -0.2) is 33.4 Å². The van der Waals surface area contributed by atoms with E-state index in [9.17, 15) is 9.90 Å². The molecule has 0 amide bonds. The van der Waals surface area contributed by atoms with Crippen molar-refractivity contribution in [1.29, 1.82) is 0 Å². The van der Waals surface area contributed by atoms with E-state index < -0.39 is 11.5 Å². The molecule has 4 nitrogen and oxygen atoms in total. The Labute approximate surface area is 119 Å². The van der Waals surface area contributed by atoms with Gasteiger partial charge in [0, 0.05) is 17.5 Å². The number of rotatable bonds is 6. The molecule has 0 bridgehead atoms. The zero-order chi connectivity index (χ0) is 14.6. The van der Waals surface area contributed by atoms with E-state index in [-0.39, 0.29) is 6.04 Å². The van der Waals surface area contributed by atoms with Crippen LogP contribution in [0, 0.1) is 13.8 Å². The van der Waals surface area contributed by atoms with Gasteiger partial charge in [0.25, 0.3) is 0 Å². The molecule has 1 unspecified atom stereocenters. The number of nitrogens with one attached hydrogen (secondary N) is 1. The van der Waals surface area contributed by atoms with E-state index in [0.29, 0.717) is 5.75 Å². The predicted molar refractivity (Wildman–Crippen MR) is 78.7 cm³/mol. The molecule has 1 aromatic heterocycles. The van der Waals surface area contributed by atoms with Gasteiger partial charge in [-0.25, -0.2) is 4.98 Å². The number of carbonyl (C=O) groups is 1. The van der Waals surface area contributed by atoms with Gasteiger partial charge < -0.3 is 5.11 Å². The van der Waals surface area contributed by atoms with E-state index in [1.165, 1.54) is 11.8 Å². The minimum absolute atomic E-state index is 0.119. The third kappa shape index (κ3) is 4.84. The zero-order valence-corrected chi connectivity index (χ0v) is 13.0. The van der Waals surface area contributed by atoms with Gasteiger partial charge in [-0.1, -0.05) is 0 Å². The van der Waals surface area contributed by atoms with Gasteiger partial charge in [0.05, 0.1) is 5.03 Å². The fourth-order valence-corrected chi connectivity index (χ4v) is 3.02. The van der Waals surface area contributed by atoms with Gasteiger partial charge >= 0.3 is 5.97 Å². The van der Waals surface area contributed by atoms with Crippen LogP contribution in [0.3, 0.4) is 0 Å². The lowest BCUT2D eigenvalue weighted by Gasteiger charge is -2.28. The van der Waals surface area contributed by atoms with Crippen molar-refractivity contribution in [2.24, 2.45) is 0 Å². The summed E-state index contributed by atoms with van der Waals surface area (Å²) in [4.78, 5) is 15.8. The minimum atomic E-state index is -0.946.